The summed E-state index contributed by atoms with van der Waals surface area (Å²) in [5, 5.41) is 0. The van der Waals surface area contributed by atoms with Crippen molar-refractivity contribution in [3.63, 3.8) is 0 Å². The first-order chi connectivity index (χ1) is 4.52. The molecule has 10 heavy (non-hydrogen) atoms. The van der Waals surface area contributed by atoms with Gasteiger partial charge in [0.05, 0.1) is 0 Å². The molecule has 0 heterocycles. The Bertz CT molecular complexity index is 200. The Kier molecular flexibility index (Phi) is 1.99. The van der Waals surface area contributed by atoms with Gasteiger partial charge in [0.15, 0.2) is 0 Å². The fraction of sp³-hybridized carbons (Fsp3) is 0.333. The van der Waals surface area contributed by atoms with Crippen LogP contribution in [0.15, 0.2) is 22.2 Å². The van der Waals surface area contributed by atoms with Crippen molar-refractivity contribution in [1.29, 1.82) is 0 Å². The molecular weight excluding hydrogens is 175 g/mol. The molecule has 1 aliphatic carbocycles. The zero-order valence-corrected chi connectivity index (χ0v) is 6.76. The first-order valence-electron chi connectivity index (χ1n) is 2.83. The van der Waals surface area contributed by atoms with Crippen molar-refractivity contribution >= 4 is 0 Å². The number of hydrogen-bond acceptors (Lipinski definition) is 3. The summed E-state index contributed by atoms with van der Waals surface area (Å²) in [7, 11) is 0. The Morgan fingerprint density at radius 1 is 1.40 bits per heavy atom. The van der Waals surface area contributed by atoms with Gasteiger partial charge in [0.25, 0.3) is 0 Å². The zero-order chi connectivity index (χ0) is 7.78. The van der Waals surface area contributed by atoms with Gasteiger partial charge in [-0.05, 0) is 0 Å². The third-order valence-electron chi connectivity index (χ3n) is 1.40. The molecule has 0 aromatic heterocycles. The summed E-state index contributed by atoms with van der Waals surface area (Å²) in [5.41, 5.74) is 0.778. The molecule has 3 nitrogen and oxygen atoms in total. The topological polar surface area (TPSA) is 60.7 Å². The van der Waals surface area contributed by atoms with E-state index in [2.05, 4.69) is 0 Å². The van der Waals surface area contributed by atoms with Crippen LogP contribution < -0.4 is 0 Å². The first-order valence-corrected chi connectivity index (χ1v) is 5.00. The predicted molar refractivity (Wildman–Crippen MR) is 33.1 cm³/mol. The second-order valence-corrected chi connectivity index (χ2v) is 4.39. The van der Waals surface area contributed by atoms with Gasteiger partial charge in [-0.2, -0.15) is 0 Å². The fourth-order valence-corrected chi connectivity index (χ4v) is 2.08. The molecule has 0 unspecified atom stereocenters. The van der Waals surface area contributed by atoms with E-state index in [1.165, 1.54) is 0 Å². The molecule has 0 spiro atoms. The standard InChI is InChI=1S/C6H7.Mn.3H2O/c1-6-4-2-3-5-6;;;;/h2,4H,3H2,1H3;;3*1H2/q;+3;;;/p-3. The molecule has 1 rings (SSSR count). The van der Waals surface area contributed by atoms with Crippen molar-refractivity contribution in [1.82, 2.24) is 0 Å². The van der Waals surface area contributed by atoms with E-state index in [4.69, 9.17) is 12.6 Å². The van der Waals surface area contributed by atoms with Gasteiger partial charge >= 0.3 is 61.9 Å². The molecule has 4 heteroatoms. The van der Waals surface area contributed by atoms with Crippen molar-refractivity contribution in [3.8, 4) is 0 Å². The monoisotopic (exact) mass is 185 g/mol. The third kappa shape index (κ3) is 1.48. The van der Waals surface area contributed by atoms with E-state index >= 15 is 0 Å². The summed E-state index contributed by atoms with van der Waals surface area (Å²) < 4.78 is 26.9. The second kappa shape index (κ2) is 2.49. The molecule has 0 saturated carbocycles. The summed E-state index contributed by atoms with van der Waals surface area (Å²) in [6.07, 6.45) is 4.05. The average Bonchev–Trinajstić information content (AvgIpc) is 2.11. The van der Waals surface area contributed by atoms with Crippen molar-refractivity contribution < 1.29 is 26.4 Å². The third-order valence-corrected chi connectivity index (χ3v) is 3.06. The number of hydrogen-bond donors (Lipinski definition) is 3. The van der Waals surface area contributed by atoms with Gasteiger partial charge in [0.2, 0.25) is 0 Å². The Morgan fingerprint density at radius 3 is 2.20 bits per heavy atom. The van der Waals surface area contributed by atoms with Gasteiger partial charge in [0, 0.05) is 0 Å². The molecule has 0 fully saturated rings. The van der Waals surface area contributed by atoms with Gasteiger partial charge in [-0.25, -0.2) is 0 Å². The molecule has 1 aliphatic rings. The molecule has 0 bridgehead atoms. The van der Waals surface area contributed by atoms with Crippen molar-refractivity contribution in [2.75, 3.05) is 0 Å². The first kappa shape index (κ1) is 7.98. The molecule has 0 atom stereocenters. The van der Waals surface area contributed by atoms with E-state index in [0.717, 1.165) is 5.57 Å². The molecule has 0 amide bonds. The molecular formula is C6H10MnO3. The van der Waals surface area contributed by atoms with E-state index in [-0.39, 0.29) is 0 Å². The number of allylic oxidation sites excluding steroid dienone is 4. The minimum atomic E-state index is -3.99. The van der Waals surface area contributed by atoms with Crippen LogP contribution in [-0.4, -0.2) is 12.6 Å². The van der Waals surface area contributed by atoms with E-state index in [0.29, 0.717) is 10.9 Å². The normalized spacial score (nSPS) is 20.4. The summed E-state index contributed by atoms with van der Waals surface area (Å²) in [6, 6.07) is 0. The van der Waals surface area contributed by atoms with Crippen LogP contribution in [0.3, 0.4) is 0 Å². The zero-order valence-electron chi connectivity index (χ0n) is 5.58. The molecule has 0 aliphatic heterocycles. The molecule has 0 aromatic rings. The van der Waals surface area contributed by atoms with Crippen LogP contribution in [-0.2, 0) is 13.8 Å². The fourth-order valence-electron chi connectivity index (χ4n) is 0.894. The van der Waals surface area contributed by atoms with Crippen LogP contribution in [0.2, 0.25) is 0 Å². The molecule has 3 N–H and O–H groups in total. The Labute approximate surface area is 62.5 Å². The van der Waals surface area contributed by atoms with Gasteiger partial charge in [-0.15, -0.1) is 0 Å². The van der Waals surface area contributed by atoms with Crippen molar-refractivity contribution in [2.24, 2.45) is 0 Å². The van der Waals surface area contributed by atoms with Crippen molar-refractivity contribution in [2.45, 2.75) is 13.3 Å². The summed E-state index contributed by atoms with van der Waals surface area (Å²) in [4.78, 5) is 0. The Morgan fingerprint density at radius 2 is 2.00 bits per heavy atom. The summed E-state index contributed by atoms with van der Waals surface area (Å²) in [6.45, 7) is 1.75. The quantitative estimate of drug-likeness (QED) is 0.507. The SMILES string of the molecule is CC1=[C]([Mn]([OH])([OH])[OH])CC=C1. The van der Waals surface area contributed by atoms with E-state index in [9.17, 15) is 0 Å². The minimum absolute atomic E-state index is 0.398. The van der Waals surface area contributed by atoms with Crippen LogP contribution in [0.25, 0.3) is 0 Å². The van der Waals surface area contributed by atoms with Gasteiger partial charge < -0.3 is 0 Å². The predicted octanol–water partition coefficient (Wildman–Crippen LogP) is 0.0961. The Balaban J connectivity index is 2.86. The van der Waals surface area contributed by atoms with Crippen LogP contribution in [0, 0.1) is 0 Å². The maximum absolute atomic E-state index is 8.84. The van der Waals surface area contributed by atoms with Gasteiger partial charge in [-0.1, -0.05) is 0 Å². The van der Waals surface area contributed by atoms with E-state index < -0.39 is 13.8 Å². The average molecular weight is 185 g/mol. The van der Waals surface area contributed by atoms with Crippen LogP contribution in [0.1, 0.15) is 13.3 Å². The van der Waals surface area contributed by atoms with E-state index in [1.54, 1.807) is 19.1 Å². The number of rotatable bonds is 1. The van der Waals surface area contributed by atoms with E-state index in [1.807, 2.05) is 0 Å². The molecule has 0 radical (unpaired) electrons. The second-order valence-electron chi connectivity index (χ2n) is 2.17. The van der Waals surface area contributed by atoms with Crippen LogP contribution in [0.5, 0.6) is 0 Å². The molecule has 0 saturated heterocycles. The summed E-state index contributed by atoms with van der Waals surface area (Å²) in [5.74, 6) is 0. The van der Waals surface area contributed by atoms with Gasteiger partial charge in [-0.3, -0.25) is 0 Å². The van der Waals surface area contributed by atoms with Gasteiger partial charge in [0.1, 0.15) is 0 Å². The summed E-state index contributed by atoms with van der Waals surface area (Å²) >= 11 is -3.99. The Hall–Kier alpha value is -0.121. The molecule has 59 valence electrons. The van der Waals surface area contributed by atoms with Crippen LogP contribution in [0.4, 0.5) is 0 Å². The molecule has 0 aromatic carbocycles. The maximum atomic E-state index is 8.84. The van der Waals surface area contributed by atoms with Crippen LogP contribution >= 0.6 is 0 Å². The van der Waals surface area contributed by atoms with Crippen molar-refractivity contribution in [3.05, 3.63) is 22.2 Å².